The van der Waals surface area contributed by atoms with Crippen molar-refractivity contribution in [3.05, 3.63) is 64.6 Å². The Hall–Kier alpha value is -2.89. The Bertz CT molecular complexity index is 863. The van der Waals surface area contributed by atoms with E-state index in [1.54, 1.807) is 24.3 Å². The number of methoxy groups -OCH3 is 1. The molecule has 1 aromatic carbocycles. The number of ether oxygens (including phenoxy) is 1. The minimum Gasteiger partial charge on any atom is -0.463 e. The first-order chi connectivity index (χ1) is 10.2. The molecule has 21 heavy (non-hydrogen) atoms. The summed E-state index contributed by atoms with van der Waals surface area (Å²) in [5.74, 6) is 0.0362. The Balaban J connectivity index is 1.95. The van der Waals surface area contributed by atoms with Crippen LogP contribution in [-0.4, -0.2) is 22.6 Å². The average molecular weight is 284 g/mol. The van der Waals surface area contributed by atoms with Crippen LogP contribution in [0, 0.1) is 0 Å². The third-order valence-corrected chi connectivity index (χ3v) is 3.11. The van der Waals surface area contributed by atoms with Gasteiger partial charge in [-0.3, -0.25) is 9.36 Å². The molecule has 3 aromatic rings. The monoisotopic (exact) mass is 284 g/mol. The van der Waals surface area contributed by atoms with Gasteiger partial charge in [0.1, 0.15) is 5.76 Å². The van der Waals surface area contributed by atoms with Crippen LogP contribution in [0.15, 0.2) is 51.9 Å². The lowest BCUT2D eigenvalue weighted by Crippen LogP contribution is -2.20. The van der Waals surface area contributed by atoms with Gasteiger partial charge in [-0.25, -0.2) is 9.78 Å². The number of carbonyl (C=O) groups is 1. The maximum atomic E-state index is 12.3. The predicted octanol–water partition coefficient (Wildman–Crippen LogP) is 1.82. The second-order valence-electron chi connectivity index (χ2n) is 4.45. The molecule has 2 aromatic heterocycles. The normalized spacial score (nSPS) is 10.7. The van der Waals surface area contributed by atoms with Crippen LogP contribution in [0.3, 0.4) is 0 Å². The fraction of sp³-hybridized carbons (Fsp3) is 0.133. The molecule has 0 saturated heterocycles. The van der Waals surface area contributed by atoms with Crippen LogP contribution in [0.25, 0.3) is 10.9 Å². The minimum atomic E-state index is -0.551. The predicted molar refractivity (Wildman–Crippen MR) is 75.2 cm³/mol. The molecular weight excluding hydrogens is 272 g/mol. The number of rotatable bonds is 3. The van der Waals surface area contributed by atoms with E-state index in [0.29, 0.717) is 16.7 Å². The van der Waals surface area contributed by atoms with Crippen molar-refractivity contribution in [2.75, 3.05) is 7.11 Å². The maximum Gasteiger partial charge on any atom is 0.373 e. The number of hydrogen-bond acceptors (Lipinski definition) is 5. The van der Waals surface area contributed by atoms with Gasteiger partial charge in [-0.05, 0) is 24.3 Å². The first-order valence-corrected chi connectivity index (χ1v) is 6.30. The summed E-state index contributed by atoms with van der Waals surface area (Å²) in [4.78, 5) is 27.9. The van der Waals surface area contributed by atoms with E-state index in [9.17, 15) is 9.59 Å². The number of fused-ring (bicyclic) bond motifs is 1. The number of hydrogen-bond donors (Lipinski definition) is 0. The van der Waals surface area contributed by atoms with Crippen LogP contribution in [0.1, 0.15) is 16.3 Å². The van der Waals surface area contributed by atoms with Crippen molar-refractivity contribution in [3.8, 4) is 0 Å². The van der Waals surface area contributed by atoms with E-state index in [-0.39, 0.29) is 17.9 Å². The highest BCUT2D eigenvalue weighted by Crippen LogP contribution is 2.11. The number of aromatic nitrogens is 2. The van der Waals surface area contributed by atoms with Crippen molar-refractivity contribution < 1.29 is 13.9 Å². The molecule has 0 bridgehead atoms. The molecule has 0 aliphatic rings. The van der Waals surface area contributed by atoms with Crippen LogP contribution in [0.4, 0.5) is 0 Å². The Labute approximate surface area is 119 Å². The zero-order chi connectivity index (χ0) is 14.8. The first kappa shape index (κ1) is 13.1. The quantitative estimate of drug-likeness (QED) is 0.686. The molecule has 0 fully saturated rings. The number of carbonyl (C=O) groups excluding carboxylic acids is 1. The van der Waals surface area contributed by atoms with Crippen LogP contribution >= 0.6 is 0 Å². The average Bonchev–Trinajstić information content (AvgIpc) is 2.98. The molecule has 106 valence electrons. The minimum absolute atomic E-state index is 0.106. The number of benzene rings is 1. The van der Waals surface area contributed by atoms with Gasteiger partial charge in [0.05, 0.1) is 30.9 Å². The van der Waals surface area contributed by atoms with E-state index >= 15 is 0 Å². The van der Waals surface area contributed by atoms with Crippen LogP contribution in [0.5, 0.6) is 0 Å². The maximum absolute atomic E-state index is 12.3. The highest BCUT2D eigenvalue weighted by atomic mass is 16.5. The van der Waals surface area contributed by atoms with E-state index in [1.165, 1.54) is 24.1 Å². The summed E-state index contributed by atoms with van der Waals surface area (Å²) in [5, 5.41) is 0.541. The fourth-order valence-electron chi connectivity index (χ4n) is 2.06. The van der Waals surface area contributed by atoms with Crippen molar-refractivity contribution in [3.63, 3.8) is 0 Å². The Morgan fingerprint density at radius 3 is 2.90 bits per heavy atom. The van der Waals surface area contributed by atoms with E-state index in [0.717, 1.165) is 0 Å². The van der Waals surface area contributed by atoms with E-state index in [1.807, 2.05) is 6.07 Å². The molecule has 2 heterocycles. The molecule has 3 rings (SSSR count). The van der Waals surface area contributed by atoms with Gasteiger partial charge in [0.2, 0.25) is 5.76 Å². The summed E-state index contributed by atoms with van der Waals surface area (Å²) in [6.07, 6.45) is 1.46. The molecule has 0 amide bonds. The largest absolute Gasteiger partial charge is 0.463 e. The molecule has 0 N–H and O–H groups in total. The van der Waals surface area contributed by atoms with Gasteiger partial charge >= 0.3 is 5.97 Å². The zero-order valence-electron chi connectivity index (χ0n) is 11.3. The van der Waals surface area contributed by atoms with Crippen molar-refractivity contribution in [2.24, 2.45) is 0 Å². The third kappa shape index (κ3) is 2.43. The van der Waals surface area contributed by atoms with Gasteiger partial charge in [0.15, 0.2) is 0 Å². The van der Waals surface area contributed by atoms with Gasteiger partial charge in [-0.15, -0.1) is 0 Å². The van der Waals surface area contributed by atoms with E-state index < -0.39 is 5.97 Å². The van der Waals surface area contributed by atoms with Crippen LogP contribution < -0.4 is 5.56 Å². The number of nitrogens with zero attached hydrogens (tertiary/aromatic N) is 2. The smallest absolute Gasteiger partial charge is 0.373 e. The highest BCUT2D eigenvalue weighted by Gasteiger charge is 2.12. The fourth-order valence-corrected chi connectivity index (χ4v) is 2.06. The molecule has 0 atom stereocenters. The molecular formula is C15H12N2O4. The second kappa shape index (κ2) is 5.24. The highest BCUT2D eigenvalue weighted by molar-refractivity contribution is 5.86. The lowest BCUT2D eigenvalue weighted by atomic mass is 10.2. The number of esters is 1. The van der Waals surface area contributed by atoms with Crippen molar-refractivity contribution in [1.82, 2.24) is 9.55 Å². The molecule has 0 saturated carbocycles. The van der Waals surface area contributed by atoms with Crippen LogP contribution in [0.2, 0.25) is 0 Å². The Morgan fingerprint density at radius 2 is 2.10 bits per heavy atom. The molecule has 6 heteroatoms. The molecule has 6 nitrogen and oxygen atoms in total. The lowest BCUT2D eigenvalue weighted by molar-refractivity contribution is 0.0563. The Kier molecular flexibility index (Phi) is 3.27. The summed E-state index contributed by atoms with van der Waals surface area (Å²) < 4.78 is 11.3. The molecule has 0 spiro atoms. The standard InChI is InChI=1S/C15H12N2O4/c1-20-15(19)13-7-6-10(21-13)8-17-9-16-12-5-3-2-4-11(12)14(17)18/h2-7,9H,8H2,1H3. The van der Waals surface area contributed by atoms with Crippen molar-refractivity contribution in [1.29, 1.82) is 0 Å². The van der Waals surface area contributed by atoms with Crippen LogP contribution in [-0.2, 0) is 11.3 Å². The number of furan rings is 1. The summed E-state index contributed by atoms with van der Waals surface area (Å²) >= 11 is 0. The third-order valence-electron chi connectivity index (χ3n) is 3.11. The van der Waals surface area contributed by atoms with Gasteiger partial charge in [-0.1, -0.05) is 12.1 Å². The summed E-state index contributed by atoms with van der Waals surface area (Å²) in [7, 11) is 1.28. The number of para-hydroxylation sites is 1. The summed E-state index contributed by atoms with van der Waals surface area (Å²) in [6, 6.07) is 10.3. The molecule has 0 aliphatic heterocycles. The Morgan fingerprint density at radius 1 is 1.29 bits per heavy atom. The second-order valence-corrected chi connectivity index (χ2v) is 4.45. The SMILES string of the molecule is COC(=O)c1ccc(Cn2cnc3ccccc3c2=O)o1. The lowest BCUT2D eigenvalue weighted by Gasteiger charge is -2.04. The molecule has 0 unspecified atom stereocenters. The summed E-state index contributed by atoms with van der Waals surface area (Å²) in [6.45, 7) is 0.202. The summed E-state index contributed by atoms with van der Waals surface area (Å²) in [5.41, 5.74) is 0.491. The molecule has 0 radical (unpaired) electrons. The first-order valence-electron chi connectivity index (χ1n) is 6.30. The van der Waals surface area contributed by atoms with E-state index in [4.69, 9.17) is 4.42 Å². The van der Waals surface area contributed by atoms with Gasteiger partial charge in [-0.2, -0.15) is 0 Å². The van der Waals surface area contributed by atoms with E-state index in [2.05, 4.69) is 9.72 Å². The topological polar surface area (TPSA) is 74.3 Å². The van der Waals surface area contributed by atoms with Gasteiger partial charge < -0.3 is 9.15 Å². The van der Waals surface area contributed by atoms with Crippen molar-refractivity contribution >= 4 is 16.9 Å². The zero-order valence-corrected chi connectivity index (χ0v) is 11.3. The molecule has 0 aliphatic carbocycles. The van der Waals surface area contributed by atoms with Gasteiger partial charge in [0, 0.05) is 0 Å². The van der Waals surface area contributed by atoms with Gasteiger partial charge in [0.25, 0.3) is 5.56 Å². The van der Waals surface area contributed by atoms with Crippen molar-refractivity contribution in [2.45, 2.75) is 6.54 Å².